The lowest BCUT2D eigenvalue weighted by Crippen LogP contribution is -2.28. The third-order valence-electron chi connectivity index (χ3n) is 5.55. The Bertz CT molecular complexity index is 1280. The number of carbonyl (C=O) groups is 1. The standard InChI is InChI=1S/C24H23N5O3S2/c1-3-28-23(16-8-10-17(31-2)11-9-16)25-26-24(28)34-15-22(30)29-19(20-6-4-12-32-20)14-18(27-29)21-7-5-13-33-21/h4-13,19H,3,14-15H2,1-2H3/t19-/m0/s1. The third kappa shape index (κ3) is 4.38. The molecular formula is C24H23N5O3S2. The van der Waals surface area contributed by atoms with Crippen LogP contribution in [0.25, 0.3) is 11.4 Å². The third-order valence-corrected chi connectivity index (χ3v) is 7.42. The Labute approximate surface area is 205 Å². The summed E-state index contributed by atoms with van der Waals surface area (Å²) in [5.41, 5.74) is 1.84. The number of benzene rings is 1. The van der Waals surface area contributed by atoms with Gasteiger partial charge in [-0.05, 0) is 54.8 Å². The molecule has 1 aromatic carbocycles. The molecule has 0 fully saturated rings. The summed E-state index contributed by atoms with van der Waals surface area (Å²) in [4.78, 5) is 14.3. The number of hydrogen-bond donors (Lipinski definition) is 0. The Hall–Kier alpha value is -3.37. The minimum Gasteiger partial charge on any atom is -0.497 e. The van der Waals surface area contributed by atoms with Gasteiger partial charge in [0.1, 0.15) is 17.6 Å². The largest absolute Gasteiger partial charge is 0.497 e. The number of thiophene rings is 1. The number of thioether (sulfide) groups is 1. The van der Waals surface area contributed by atoms with Gasteiger partial charge in [0.2, 0.25) is 0 Å². The van der Waals surface area contributed by atoms with E-state index < -0.39 is 0 Å². The first-order chi connectivity index (χ1) is 16.7. The SMILES string of the molecule is CCn1c(SCC(=O)N2N=C(c3cccs3)C[C@H]2c2ccco2)nnc1-c1ccc(OC)cc1. The van der Waals surface area contributed by atoms with Crippen molar-refractivity contribution in [2.75, 3.05) is 12.9 Å². The Morgan fingerprint density at radius 2 is 2.06 bits per heavy atom. The first-order valence-corrected chi connectivity index (χ1v) is 12.7. The molecule has 0 aliphatic carbocycles. The molecule has 5 rings (SSSR count). The summed E-state index contributed by atoms with van der Waals surface area (Å²) in [6, 6.07) is 15.2. The van der Waals surface area contributed by atoms with Crippen LogP contribution in [0.1, 0.15) is 30.0 Å². The van der Waals surface area contributed by atoms with Crippen molar-refractivity contribution < 1.29 is 13.9 Å². The fourth-order valence-corrected chi connectivity index (χ4v) is 5.44. The topological polar surface area (TPSA) is 85.8 Å². The van der Waals surface area contributed by atoms with Gasteiger partial charge in [-0.2, -0.15) is 5.10 Å². The highest BCUT2D eigenvalue weighted by atomic mass is 32.2. The number of aromatic nitrogens is 3. The molecule has 4 heterocycles. The molecule has 0 saturated carbocycles. The van der Waals surface area contributed by atoms with Crippen molar-refractivity contribution in [2.24, 2.45) is 5.10 Å². The average Bonchev–Trinajstić information content (AvgIpc) is 3.68. The van der Waals surface area contributed by atoms with Crippen molar-refractivity contribution in [1.29, 1.82) is 0 Å². The van der Waals surface area contributed by atoms with E-state index in [9.17, 15) is 4.79 Å². The lowest BCUT2D eigenvalue weighted by atomic mass is 10.1. The van der Waals surface area contributed by atoms with E-state index in [0.29, 0.717) is 18.1 Å². The Kier molecular flexibility index (Phi) is 6.50. The summed E-state index contributed by atoms with van der Waals surface area (Å²) < 4.78 is 12.9. The molecule has 0 spiro atoms. The lowest BCUT2D eigenvalue weighted by molar-refractivity contribution is -0.130. The Morgan fingerprint density at radius 3 is 2.74 bits per heavy atom. The lowest BCUT2D eigenvalue weighted by Gasteiger charge is -2.19. The average molecular weight is 494 g/mol. The van der Waals surface area contributed by atoms with Crippen LogP contribution in [0.4, 0.5) is 0 Å². The van der Waals surface area contributed by atoms with Crippen LogP contribution >= 0.6 is 23.1 Å². The van der Waals surface area contributed by atoms with Crippen molar-refractivity contribution >= 4 is 34.7 Å². The van der Waals surface area contributed by atoms with E-state index in [1.54, 1.807) is 29.7 Å². The molecule has 0 N–H and O–H groups in total. The Morgan fingerprint density at radius 1 is 1.21 bits per heavy atom. The fraction of sp³-hybridized carbons (Fsp3) is 0.250. The second kappa shape index (κ2) is 9.86. The first kappa shape index (κ1) is 22.4. The van der Waals surface area contributed by atoms with E-state index in [2.05, 4.69) is 15.3 Å². The number of carbonyl (C=O) groups excluding carboxylic acids is 1. The number of nitrogens with zero attached hydrogens (tertiary/aromatic N) is 5. The predicted molar refractivity (Wildman–Crippen MR) is 132 cm³/mol. The molecule has 1 aliphatic rings. The summed E-state index contributed by atoms with van der Waals surface area (Å²) >= 11 is 2.98. The maximum Gasteiger partial charge on any atom is 0.253 e. The molecule has 1 amide bonds. The van der Waals surface area contributed by atoms with Crippen molar-refractivity contribution in [3.05, 3.63) is 70.8 Å². The fourth-order valence-electron chi connectivity index (χ4n) is 3.86. The maximum absolute atomic E-state index is 13.3. The molecule has 34 heavy (non-hydrogen) atoms. The highest BCUT2D eigenvalue weighted by Gasteiger charge is 2.35. The second-order valence-electron chi connectivity index (χ2n) is 7.57. The summed E-state index contributed by atoms with van der Waals surface area (Å²) in [5, 5.41) is 17.7. The molecule has 8 nitrogen and oxygen atoms in total. The smallest absolute Gasteiger partial charge is 0.253 e. The highest BCUT2D eigenvalue weighted by Crippen LogP contribution is 2.35. The van der Waals surface area contributed by atoms with E-state index in [4.69, 9.17) is 9.15 Å². The van der Waals surface area contributed by atoms with Gasteiger partial charge >= 0.3 is 0 Å². The quantitative estimate of drug-likeness (QED) is 0.318. The van der Waals surface area contributed by atoms with Crippen molar-refractivity contribution in [3.8, 4) is 17.1 Å². The highest BCUT2D eigenvalue weighted by molar-refractivity contribution is 7.99. The number of methoxy groups -OCH3 is 1. The first-order valence-electron chi connectivity index (χ1n) is 10.8. The van der Waals surface area contributed by atoms with E-state index in [1.807, 2.05) is 65.4 Å². The van der Waals surface area contributed by atoms with E-state index >= 15 is 0 Å². The van der Waals surface area contributed by atoms with Gasteiger partial charge in [-0.1, -0.05) is 17.8 Å². The molecule has 0 unspecified atom stereocenters. The molecular weight excluding hydrogens is 470 g/mol. The number of hydrogen-bond acceptors (Lipinski definition) is 8. The van der Waals surface area contributed by atoms with Crippen LogP contribution in [0, 0.1) is 0 Å². The molecule has 0 bridgehead atoms. The van der Waals surface area contributed by atoms with Crippen molar-refractivity contribution in [3.63, 3.8) is 0 Å². The minimum atomic E-state index is -0.251. The zero-order valence-corrected chi connectivity index (χ0v) is 20.4. The van der Waals surface area contributed by atoms with Gasteiger partial charge in [0.15, 0.2) is 11.0 Å². The number of amides is 1. The maximum atomic E-state index is 13.3. The van der Waals surface area contributed by atoms with Crippen molar-refractivity contribution in [1.82, 2.24) is 19.8 Å². The summed E-state index contributed by atoms with van der Waals surface area (Å²) in [6.07, 6.45) is 2.25. The van der Waals surface area contributed by atoms with E-state index in [1.165, 1.54) is 11.8 Å². The zero-order chi connectivity index (χ0) is 23.5. The van der Waals surface area contributed by atoms with Crippen LogP contribution in [0.5, 0.6) is 5.75 Å². The van der Waals surface area contributed by atoms with Crippen LogP contribution in [0.15, 0.2) is 74.8 Å². The second-order valence-corrected chi connectivity index (χ2v) is 9.46. The molecule has 3 aromatic heterocycles. The molecule has 4 aromatic rings. The summed E-state index contributed by atoms with van der Waals surface area (Å²) in [6.45, 7) is 2.72. The van der Waals surface area contributed by atoms with Crippen LogP contribution in [-0.2, 0) is 11.3 Å². The molecule has 1 aliphatic heterocycles. The van der Waals surface area contributed by atoms with E-state index in [-0.39, 0.29) is 17.7 Å². The summed E-state index contributed by atoms with van der Waals surface area (Å²) in [5.74, 6) is 2.36. The van der Waals surface area contributed by atoms with Crippen LogP contribution < -0.4 is 4.74 Å². The Balaban J connectivity index is 1.34. The van der Waals surface area contributed by atoms with Gasteiger partial charge < -0.3 is 13.7 Å². The van der Waals surface area contributed by atoms with Crippen molar-refractivity contribution in [2.45, 2.75) is 31.1 Å². The molecule has 174 valence electrons. The van der Waals surface area contributed by atoms with Gasteiger partial charge in [0.05, 0.1) is 29.7 Å². The van der Waals surface area contributed by atoms with Gasteiger partial charge in [-0.25, -0.2) is 5.01 Å². The number of furan rings is 1. The normalized spacial score (nSPS) is 15.5. The number of ether oxygens (including phenoxy) is 1. The van der Waals surface area contributed by atoms with Crippen LogP contribution in [0.3, 0.4) is 0 Å². The number of rotatable bonds is 8. The molecule has 0 radical (unpaired) electrons. The van der Waals surface area contributed by atoms with Crippen LogP contribution in [-0.4, -0.2) is 44.3 Å². The summed E-state index contributed by atoms with van der Waals surface area (Å²) in [7, 11) is 1.64. The van der Waals surface area contributed by atoms with Crippen LogP contribution in [0.2, 0.25) is 0 Å². The zero-order valence-electron chi connectivity index (χ0n) is 18.7. The van der Waals surface area contributed by atoms with Gasteiger partial charge in [-0.3, -0.25) is 4.79 Å². The van der Waals surface area contributed by atoms with Gasteiger partial charge in [-0.15, -0.1) is 21.5 Å². The minimum absolute atomic E-state index is 0.102. The van der Waals surface area contributed by atoms with Gasteiger partial charge in [0.25, 0.3) is 5.91 Å². The predicted octanol–water partition coefficient (Wildman–Crippen LogP) is 5.10. The monoisotopic (exact) mass is 493 g/mol. The molecule has 0 saturated heterocycles. The van der Waals surface area contributed by atoms with E-state index in [0.717, 1.165) is 33.5 Å². The number of hydrazone groups is 1. The van der Waals surface area contributed by atoms with Gasteiger partial charge in [0, 0.05) is 18.5 Å². The molecule has 1 atom stereocenters. The molecule has 10 heteroatoms.